The molecule has 9 heteroatoms. The number of anilines is 2. The van der Waals surface area contributed by atoms with Gasteiger partial charge in [-0.25, -0.2) is 13.8 Å². The minimum atomic E-state index is -0.641. The predicted molar refractivity (Wildman–Crippen MR) is 110 cm³/mol. The predicted octanol–water partition coefficient (Wildman–Crippen LogP) is 5.15. The van der Waals surface area contributed by atoms with Crippen LogP contribution in [0.2, 0.25) is 5.02 Å². The van der Waals surface area contributed by atoms with Crippen LogP contribution in [0.15, 0.2) is 71.5 Å². The monoisotopic (exact) mass is 443 g/mol. The molecule has 31 heavy (non-hydrogen) atoms. The van der Waals surface area contributed by atoms with Crippen molar-refractivity contribution in [1.82, 2.24) is 4.98 Å². The van der Waals surface area contributed by atoms with Crippen molar-refractivity contribution in [1.29, 1.82) is 0 Å². The first-order chi connectivity index (χ1) is 15.0. The number of halogens is 3. The summed E-state index contributed by atoms with van der Waals surface area (Å²) < 4.78 is 39.4. The van der Waals surface area contributed by atoms with Crippen molar-refractivity contribution in [3.8, 4) is 5.75 Å². The highest BCUT2D eigenvalue weighted by Gasteiger charge is 2.13. The first-order valence-electron chi connectivity index (χ1n) is 9.22. The molecule has 2 aromatic heterocycles. The van der Waals surface area contributed by atoms with Gasteiger partial charge in [0.25, 0.3) is 6.01 Å². The second-order valence-electron chi connectivity index (χ2n) is 6.62. The summed E-state index contributed by atoms with van der Waals surface area (Å²) in [6, 6.07) is 12.2. The molecule has 0 amide bonds. The topological polar surface area (TPSA) is 74.2 Å². The zero-order valence-corrected chi connectivity index (χ0v) is 16.8. The minimum Gasteiger partial charge on any atom is -0.619 e. The van der Waals surface area contributed by atoms with E-state index in [0.717, 1.165) is 5.56 Å². The maximum Gasteiger partial charge on any atom is 0.299 e. The maximum absolute atomic E-state index is 13.8. The van der Waals surface area contributed by atoms with Gasteiger partial charge in [-0.05, 0) is 24.3 Å². The molecule has 4 aromatic rings. The van der Waals surface area contributed by atoms with Crippen LogP contribution in [0.1, 0.15) is 16.9 Å². The van der Waals surface area contributed by atoms with E-state index in [0.29, 0.717) is 27.0 Å². The van der Waals surface area contributed by atoms with Gasteiger partial charge in [-0.3, -0.25) is 0 Å². The Morgan fingerprint density at radius 1 is 1.10 bits per heavy atom. The third-order valence-corrected chi connectivity index (χ3v) is 4.79. The fourth-order valence-corrected chi connectivity index (χ4v) is 3.08. The summed E-state index contributed by atoms with van der Waals surface area (Å²) in [5.74, 6) is -0.426. The highest BCUT2D eigenvalue weighted by molar-refractivity contribution is 6.31. The van der Waals surface area contributed by atoms with Gasteiger partial charge >= 0.3 is 0 Å². The normalized spacial score (nSPS) is 10.8. The molecule has 0 aliphatic rings. The van der Waals surface area contributed by atoms with Gasteiger partial charge in [0.15, 0.2) is 12.4 Å². The second kappa shape index (κ2) is 9.01. The Morgan fingerprint density at radius 2 is 1.84 bits per heavy atom. The van der Waals surface area contributed by atoms with Gasteiger partial charge in [-0.2, -0.15) is 4.73 Å². The number of rotatable bonds is 7. The van der Waals surface area contributed by atoms with Crippen molar-refractivity contribution in [3.05, 3.63) is 106 Å². The molecule has 0 spiro atoms. The number of nitrogens with zero attached hydrogens (tertiary/aromatic N) is 2. The molecule has 4 rings (SSSR count). The number of aromatic nitrogens is 2. The van der Waals surface area contributed by atoms with Crippen molar-refractivity contribution in [2.45, 2.75) is 13.0 Å². The molecule has 158 valence electrons. The Kier molecular flexibility index (Phi) is 5.99. The molecule has 0 bridgehead atoms. The zero-order valence-electron chi connectivity index (χ0n) is 16.0. The van der Waals surface area contributed by atoms with E-state index >= 15 is 0 Å². The van der Waals surface area contributed by atoms with E-state index in [1.54, 1.807) is 30.3 Å². The Labute approximate surface area is 181 Å². The van der Waals surface area contributed by atoms with E-state index in [1.165, 1.54) is 36.8 Å². The van der Waals surface area contributed by atoms with Crippen LogP contribution in [-0.4, -0.2) is 4.98 Å². The standard InChI is InChI=1S/C22H16ClF2N3O3/c23-19-10-15(5-4-14(19)13-30-16-6-8-28(29)9-7-16)27-22-26-12-17(31-22)11-18-20(24)2-1-3-21(18)25/h1-10,12H,11,13H2,(H,26,27). The minimum absolute atomic E-state index is 0.0595. The molecule has 0 saturated carbocycles. The molecule has 0 radical (unpaired) electrons. The number of ether oxygens (including phenoxy) is 1. The van der Waals surface area contributed by atoms with Gasteiger partial charge in [0.1, 0.15) is 29.8 Å². The summed E-state index contributed by atoms with van der Waals surface area (Å²) in [5, 5.41) is 14.5. The third-order valence-electron chi connectivity index (χ3n) is 4.44. The van der Waals surface area contributed by atoms with E-state index < -0.39 is 11.6 Å². The average molecular weight is 444 g/mol. The lowest BCUT2D eigenvalue weighted by Gasteiger charge is -2.09. The Balaban J connectivity index is 1.39. The Hall–Kier alpha value is -3.65. The molecule has 0 atom stereocenters. The largest absolute Gasteiger partial charge is 0.619 e. The number of nitrogens with one attached hydrogen (secondary N) is 1. The summed E-state index contributed by atoms with van der Waals surface area (Å²) >= 11 is 6.33. The fraction of sp³-hybridized carbons (Fsp3) is 0.0909. The van der Waals surface area contributed by atoms with Crippen LogP contribution in [0.3, 0.4) is 0 Å². The van der Waals surface area contributed by atoms with Crippen molar-refractivity contribution in [2.24, 2.45) is 0 Å². The van der Waals surface area contributed by atoms with Gasteiger partial charge in [-0.15, -0.1) is 0 Å². The molecule has 1 N–H and O–H groups in total. The molecule has 0 aliphatic carbocycles. The first kappa shape index (κ1) is 20.6. The van der Waals surface area contributed by atoms with Gasteiger partial charge in [0.05, 0.1) is 6.20 Å². The summed E-state index contributed by atoms with van der Waals surface area (Å²) in [6.07, 6.45) is 4.03. The van der Waals surface area contributed by atoms with Crippen LogP contribution in [0.4, 0.5) is 20.5 Å². The van der Waals surface area contributed by atoms with E-state index in [-0.39, 0.29) is 24.6 Å². The van der Waals surface area contributed by atoms with Gasteiger partial charge < -0.3 is 19.7 Å². The quantitative estimate of drug-likeness (QED) is 0.316. The summed E-state index contributed by atoms with van der Waals surface area (Å²) in [4.78, 5) is 4.08. The highest BCUT2D eigenvalue weighted by atomic mass is 35.5. The maximum atomic E-state index is 13.8. The number of benzene rings is 2. The summed E-state index contributed by atoms with van der Waals surface area (Å²) in [5.41, 5.74) is 1.28. The van der Waals surface area contributed by atoms with Gasteiger partial charge in [0.2, 0.25) is 0 Å². The first-order valence-corrected chi connectivity index (χ1v) is 9.60. The average Bonchev–Trinajstić information content (AvgIpc) is 3.18. The molecule has 0 unspecified atom stereocenters. The van der Waals surface area contributed by atoms with Crippen LogP contribution in [0, 0.1) is 16.8 Å². The van der Waals surface area contributed by atoms with E-state index in [1.807, 2.05) is 0 Å². The number of pyridine rings is 1. The Bertz CT molecular complexity index is 1180. The molecule has 2 aromatic carbocycles. The summed E-state index contributed by atoms with van der Waals surface area (Å²) in [7, 11) is 0. The number of hydrogen-bond donors (Lipinski definition) is 1. The van der Waals surface area contributed by atoms with E-state index in [2.05, 4.69) is 10.3 Å². The highest BCUT2D eigenvalue weighted by Crippen LogP contribution is 2.26. The molecule has 0 fully saturated rings. The lowest BCUT2D eigenvalue weighted by atomic mass is 10.1. The molecule has 0 aliphatic heterocycles. The zero-order chi connectivity index (χ0) is 21.8. The molecule has 6 nitrogen and oxygen atoms in total. The lowest BCUT2D eigenvalue weighted by molar-refractivity contribution is -0.605. The van der Waals surface area contributed by atoms with Crippen LogP contribution in [-0.2, 0) is 13.0 Å². The Morgan fingerprint density at radius 3 is 2.55 bits per heavy atom. The van der Waals surface area contributed by atoms with Crippen LogP contribution >= 0.6 is 11.6 Å². The van der Waals surface area contributed by atoms with Crippen molar-refractivity contribution in [2.75, 3.05) is 5.32 Å². The van der Waals surface area contributed by atoms with Crippen molar-refractivity contribution in [3.63, 3.8) is 0 Å². The molecular formula is C22H16ClF2N3O3. The van der Waals surface area contributed by atoms with Gasteiger partial charge in [0, 0.05) is 40.4 Å². The lowest BCUT2D eigenvalue weighted by Crippen LogP contribution is -2.23. The third kappa shape index (κ3) is 5.10. The van der Waals surface area contributed by atoms with Gasteiger partial charge in [-0.1, -0.05) is 23.7 Å². The molecular weight excluding hydrogens is 428 g/mol. The van der Waals surface area contributed by atoms with Crippen LogP contribution < -0.4 is 14.8 Å². The van der Waals surface area contributed by atoms with Crippen LogP contribution in [0.25, 0.3) is 0 Å². The molecule has 0 saturated heterocycles. The van der Waals surface area contributed by atoms with E-state index in [4.69, 9.17) is 20.8 Å². The summed E-state index contributed by atoms with van der Waals surface area (Å²) in [6.45, 7) is 0.222. The fourth-order valence-electron chi connectivity index (χ4n) is 2.84. The van der Waals surface area contributed by atoms with E-state index in [9.17, 15) is 14.0 Å². The molecule has 2 heterocycles. The van der Waals surface area contributed by atoms with Crippen LogP contribution in [0.5, 0.6) is 5.75 Å². The second-order valence-corrected chi connectivity index (χ2v) is 7.03. The van der Waals surface area contributed by atoms with Crippen molar-refractivity contribution >= 4 is 23.3 Å². The van der Waals surface area contributed by atoms with Crippen molar-refractivity contribution < 1.29 is 22.7 Å². The number of oxazole rings is 1. The number of hydrogen-bond acceptors (Lipinski definition) is 5. The smallest absolute Gasteiger partial charge is 0.299 e. The SMILES string of the molecule is [O-][n+]1ccc(OCc2ccc(Nc3ncc(Cc4c(F)cccc4F)o3)cc2Cl)cc1.